The molecular weight excluding hydrogens is 258 g/mol. The second kappa shape index (κ2) is 6.75. The molecule has 0 saturated carbocycles. The first-order chi connectivity index (χ1) is 6.05. The molecule has 0 aliphatic rings. The van der Waals surface area contributed by atoms with Gasteiger partial charge in [0.05, 0.1) is 6.61 Å². The van der Waals surface area contributed by atoms with E-state index < -0.39 is 10.0 Å². The van der Waals surface area contributed by atoms with E-state index >= 15 is 0 Å². The fraction of sp³-hybridized carbons (Fsp3) is 1.00. The molecule has 0 aromatic rings. The molecule has 0 fully saturated rings. The van der Waals surface area contributed by atoms with Gasteiger partial charge in [0.2, 0.25) is 10.0 Å². The Morgan fingerprint density at radius 1 is 1.54 bits per heavy atom. The second-order valence-corrected chi connectivity index (χ2v) is 5.84. The Morgan fingerprint density at radius 2 is 2.15 bits per heavy atom. The predicted octanol–water partition coefficient (Wildman–Crippen LogP) is 1.07. The van der Waals surface area contributed by atoms with Gasteiger partial charge in [-0.05, 0) is 6.42 Å². The number of ether oxygens (including phenoxy) is 1. The Morgan fingerprint density at radius 3 is 2.54 bits per heavy atom. The maximum Gasteiger partial charge on any atom is 0.221 e. The number of hydrogen-bond acceptors (Lipinski definition) is 3. The van der Waals surface area contributed by atoms with Crippen molar-refractivity contribution in [3.05, 3.63) is 0 Å². The van der Waals surface area contributed by atoms with Crippen molar-refractivity contribution in [1.82, 2.24) is 4.72 Å². The summed E-state index contributed by atoms with van der Waals surface area (Å²) in [7, 11) is -1.62. The highest BCUT2D eigenvalue weighted by Gasteiger charge is 2.15. The van der Waals surface area contributed by atoms with E-state index in [0.29, 0.717) is 6.61 Å². The molecule has 0 rings (SSSR count). The molecule has 0 aromatic heterocycles. The first-order valence-electron chi connectivity index (χ1n) is 4.10. The van der Waals surface area contributed by atoms with E-state index in [0.717, 1.165) is 12.8 Å². The van der Waals surface area contributed by atoms with E-state index in [9.17, 15) is 8.42 Å². The third-order valence-corrected chi connectivity index (χ3v) is 4.28. The molecular formula is C7H16BrNO3S. The molecule has 0 saturated heterocycles. The number of hydrogen-bond donors (Lipinski definition) is 1. The minimum absolute atomic E-state index is 0.0655. The van der Waals surface area contributed by atoms with E-state index in [1.165, 1.54) is 0 Å². The fourth-order valence-corrected chi connectivity index (χ4v) is 2.16. The van der Waals surface area contributed by atoms with Crippen LogP contribution in [0, 0.1) is 0 Å². The number of methoxy groups -OCH3 is 1. The summed E-state index contributed by atoms with van der Waals surface area (Å²) in [5.41, 5.74) is 0. The minimum atomic E-state index is -3.18. The molecule has 13 heavy (non-hydrogen) atoms. The maximum absolute atomic E-state index is 11.1. The molecule has 6 heteroatoms. The van der Waals surface area contributed by atoms with Gasteiger partial charge in [0, 0.05) is 13.2 Å². The van der Waals surface area contributed by atoms with Gasteiger partial charge in [-0.2, -0.15) is 0 Å². The molecule has 0 aliphatic carbocycles. The number of sulfonamides is 1. The van der Waals surface area contributed by atoms with Crippen LogP contribution in [0.1, 0.15) is 19.8 Å². The highest BCUT2D eigenvalue weighted by Crippen LogP contribution is 2.01. The summed E-state index contributed by atoms with van der Waals surface area (Å²) >= 11 is 2.91. The number of halogens is 1. The third-order valence-electron chi connectivity index (χ3n) is 1.49. The average Bonchev–Trinajstić information content (AvgIpc) is 2.05. The van der Waals surface area contributed by atoms with E-state index in [-0.39, 0.29) is 10.7 Å². The van der Waals surface area contributed by atoms with E-state index in [1.54, 1.807) is 7.11 Å². The summed E-state index contributed by atoms with van der Waals surface area (Å²) in [6, 6.07) is -0.113. The monoisotopic (exact) mass is 273 g/mol. The van der Waals surface area contributed by atoms with Crippen LogP contribution in [0.5, 0.6) is 0 Å². The van der Waals surface area contributed by atoms with E-state index in [2.05, 4.69) is 20.7 Å². The van der Waals surface area contributed by atoms with Crippen LogP contribution in [0.4, 0.5) is 0 Å². The lowest BCUT2D eigenvalue weighted by atomic mass is 10.2. The van der Waals surface area contributed by atoms with Gasteiger partial charge in [0.15, 0.2) is 0 Å². The molecule has 0 aromatic carbocycles. The first-order valence-corrected chi connectivity index (χ1v) is 6.88. The highest BCUT2D eigenvalue weighted by molar-refractivity contribution is 9.10. The van der Waals surface area contributed by atoms with E-state index in [1.807, 2.05) is 6.92 Å². The standard InChI is InChI=1S/C7H16BrNO3S/c1-3-4-7(5-12-2)9-13(10,11)6-8/h7,9H,3-6H2,1-2H3. The topological polar surface area (TPSA) is 55.4 Å². The van der Waals surface area contributed by atoms with Gasteiger partial charge in [-0.1, -0.05) is 29.3 Å². The number of alkyl halides is 1. The molecule has 4 nitrogen and oxygen atoms in total. The summed E-state index contributed by atoms with van der Waals surface area (Å²) in [5.74, 6) is 0. The summed E-state index contributed by atoms with van der Waals surface area (Å²) in [4.78, 5) is 0. The highest BCUT2D eigenvalue weighted by atomic mass is 79.9. The third kappa shape index (κ3) is 6.42. The molecule has 0 spiro atoms. The van der Waals surface area contributed by atoms with Crippen LogP contribution in [-0.4, -0.2) is 32.8 Å². The molecule has 1 unspecified atom stereocenters. The lowest BCUT2D eigenvalue weighted by Crippen LogP contribution is -2.38. The van der Waals surface area contributed by atoms with E-state index in [4.69, 9.17) is 4.74 Å². The average molecular weight is 274 g/mol. The van der Waals surface area contributed by atoms with Crippen molar-refractivity contribution in [1.29, 1.82) is 0 Å². The summed E-state index contributed by atoms with van der Waals surface area (Å²) in [6.45, 7) is 2.42. The van der Waals surface area contributed by atoms with Crippen molar-refractivity contribution >= 4 is 26.0 Å². The van der Waals surface area contributed by atoms with Gasteiger partial charge in [0.25, 0.3) is 0 Å². The molecule has 1 N–H and O–H groups in total. The molecule has 0 heterocycles. The van der Waals surface area contributed by atoms with Crippen molar-refractivity contribution in [2.24, 2.45) is 0 Å². The molecule has 1 atom stereocenters. The number of nitrogens with one attached hydrogen (secondary N) is 1. The van der Waals surface area contributed by atoms with Crippen LogP contribution in [0.15, 0.2) is 0 Å². The second-order valence-electron chi connectivity index (χ2n) is 2.78. The van der Waals surface area contributed by atoms with Crippen molar-refractivity contribution in [3.8, 4) is 0 Å². The zero-order valence-electron chi connectivity index (χ0n) is 7.92. The zero-order chi connectivity index (χ0) is 10.3. The molecule has 0 bridgehead atoms. The smallest absolute Gasteiger partial charge is 0.221 e. The van der Waals surface area contributed by atoms with Crippen LogP contribution in [0.25, 0.3) is 0 Å². The van der Waals surface area contributed by atoms with Crippen LogP contribution < -0.4 is 4.72 Å². The fourth-order valence-electron chi connectivity index (χ4n) is 1.01. The lowest BCUT2D eigenvalue weighted by Gasteiger charge is -2.15. The van der Waals surface area contributed by atoms with Gasteiger partial charge >= 0.3 is 0 Å². The minimum Gasteiger partial charge on any atom is -0.383 e. The van der Waals surface area contributed by atoms with Gasteiger partial charge in [0.1, 0.15) is 4.66 Å². The molecule has 80 valence electrons. The van der Waals surface area contributed by atoms with Gasteiger partial charge < -0.3 is 4.74 Å². The van der Waals surface area contributed by atoms with Gasteiger partial charge in [-0.3, -0.25) is 0 Å². The Bertz CT molecular complexity index is 212. The summed E-state index contributed by atoms with van der Waals surface area (Å²) < 4.78 is 29.7. The Labute approximate surface area is 88.2 Å². The lowest BCUT2D eigenvalue weighted by molar-refractivity contribution is 0.171. The Kier molecular flexibility index (Phi) is 6.93. The normalized spacial score (nSPS) is 14.4. The van der Waals surface area contributed by atoms with Crippen LogP contribution in [-0.2, 0) is 14.8 Å². The largest absolute Gasteiger partial charge is 0.383 e. The molecule has 0 radical (unpaired) electrons. The first kappa shape index (κ1) is 13.4. The van der Waals surface area contributed by atoms with Crippen molar-refractivity contribution < 1.29 is 13.2 Å². The van der Waals surface area contributed by atoms with Crippen LogP contribution >= 0.6 is 15.9 Å². The number of rotatable bonds is 7. The Hall–Kier alpha value is 0.350. The van der Waals surface area contributed by atoms with Gasteiger partial charge in [-0.25, -0.2) is 13.1 Å². The maximum atomic E-state index is 11.1. The Balaban J connectivity index is 4.08. The SMILES string of the molecule is CCCC(COC)NS(=O)(=O)CBr. The predicted molar refractivity (Wildman–Crippen MR) is 56.4 cm³/mol. The summed E-state index contributed by atoms with van der Waals surface area (Å²) in [6.07, 6.45) is 1.72. The van der Waals surface area contributed by atoms with Crippen LogP contribution in [0.3, 0.4) is 0 Å². The van der Waals surface area contributed by atoms with Crippen molar-refractivity contribution in [3.63, 3.8) is 0 Å². The van der Waals surface area contributed by atoms with Gasteiger partial charge in [-0.15, -0.1) is 0 Å². The molecule has 0 amide bonds. The molecule has 0 aliphatic heterocycles. The quantitative estimate of drug-likeness (QED) is 0.707. The zero-order valence-corrected chi connectivity index (χ0v) is 10.3. The van der Waals surface area contributed by atoms with Crippen molar-refractivity contribution in [2.45, 2.75) is 25.8 Å². The van der Waals surface area contributed by atoms with Crippen LogP contribution in [0.2, 0.25) is 0 Å². The summed E-state index contributed by atoms with van der Waals surface area (Å²) in [5, 5.41) is 0. The van der Waals surface area contributed by atoms with Crippen molar-refractivity contribution in [2.75, 3.05) is 18.4 Å².